The van der Waals surface area contributed by atoms with E-state index in [9.17, 15) is 24.3 Å². The molecule has 0 aliphatic heterocycles. The summed E-state index contributed by atoms with van der Waals surface area (Å²) in [7, 11) is 1.62. The van der Waals surface area contributed by atoms with E-state index in [1.807, 2.05) is 78.8 Å². The van der Waals surface area contributed by atoms with Crippen LogP contribution in [0.3, 0.4) is 0 Å². The van der Waals surface area contributed by atoms with Crippen LogP contribution in [0.25, 0.3) is 0 Å². The summed E-state index contributed by atoms with van der Waals surface area (Å²) >= 11 is 0. The van der Waals surface area contributed by atoms with E-state index in [1.165, 1.54) is 11.8 Å². The lowest BCUT2D eigenvalue weighted by atomic mass is 9.71. The van der Waals surface area contributed by atoms with Gasteiger partial charge in [-0.25, -0.2) is 4.79 Å². The molecule has 8 heteroatoms. The van der Waals surface area contributed by atoms with Crippen LogP contribution in [0.4, 0.5) is 0 Å². The van der Waals surface area contributed by atoms with Crippen molar-refractivity contribution in [2.45, 2.75) is 106 Å². The van der Waals surface area contributed by atoms with Crippen molar-refractivity contribution in [1.29, 1.82) is 0 Å². The Kier molecular flexibility index (Phi) is 11.7. The Bertz CT molecular complexity index is 1080. The normalized spacial score (nSPS) is 15.2. The van der Waals surface area contributed by atoms with Gasteiger partial charge in [-0.2, -0.15) is 0 Å². The van der Waals surface area contributed by atoms with Crippen molar-refractivity contribution in [3.63, 3.8) is 0 Å². The topological polar surface area (TPSA) is 113 Å². The highest BCUT2D eigenvalue weighted by Gasteiger charge is 2.43. The van der Waals surface area contributed by atoms with Gasteiger partial charge < -0.3 is 20.1 Å². The number of rotatable bonds is 11. The van der Waals surface area contributed by atoms with E-state index in [1.54, 1.807) is 33.9 Å². The molecule has 0 aromatic heterocycles. The molecule has 0 heterocycles. The first-order chi connectivity index (χ1) is 18.1. The van der Waals surface area contributed by atoms with Crippen molar-refractivity contribution in [3.05, 3.63) is 47.5 Å². The van der Waals surface area contributed by atoms with Crippen LogP contribution in [0, 0.1) is 17.3 Å². The molecule has 1 aromatic rings. The van der Waals surface area contributed by atoms with Gasteiger partial charge in [0.1, 0.15) is 11.6 Å². The van der Waals surface area contributed by atoms with Gasteiger partial charge in [-0.3, -0.25) is 14.4 Å². The molecule has 224 valence electrons. The van der Waals surface area contributed by atoms with Gasteiger partial charge in [-0.1, -0.05) is 84.9 Å². The Balaban J connectivity index is 3.49. The molecule has 8 nitrogen and oxygen atoms in total. The number of nitrogens with one attached hydrogen (secondary N) is 1. The third kappa shape index (κ3) is 9.79. The fourth-order valence-electron chi connectivity index (χ4n) is 4.62. The number of carbonyl (C=O) groups excluding carboxylic acids is 3. The second-order valence-electron chi connectivity index (χ2n) is 13.6. The highest BCUT2D eigenvalue weighted by Crippen LogP contribution is 2.35. The Morgan fingerprint density at radius 2 is 1.50 bits per heavy atom. The Hall–Kier alpha value is -3.16. The van der Waals surface area contributed by atoms with Crippen LogP contribution in [-0.2, 0) is 29.3 Å². The van der Waals surface area contributed by atoms with Gasteiger partial charge in [-0.15, -0.1) is 0 Å². The molecule has 1 aromatic carbocycles. The number of likely N-dealkylation sites (N-methyl/N-ethyl adjacent to an activating group) is 1. The molecular weight excluding hydrogens is 508 g/mol. The number of carboxylic acid groups (broad SMARTS) is 1. The molecule has 0 aliphatic carbocycles. The quantitative estimate of drug-likeness (QED) is 0.279. The zero-order valence-corrected chi connectivity index (χ0v) is 26.4. The molecular formula is C32H50N2O6. The second kappa shape index (κ2) is 13.5. The summed E-state index contributed by atoms with van der Waals surface area (Å²) in [6.07, 6.45) is 1.40. The average molecular weight is 559 g/mol. The van der Waals surface area contributed by atoms with E-state index in [-0.39, 0.29) is 23.8 Å². The first-order valence-corrected chi connectivity index (χ1v) is 13.9. The molecule has 3 atom stereocenters. The van der Waals surface area contributed by atoms with Crippen molar-refractivity contribution in [1.82, 2.24) is 10.2 Å². The van der Waals surface area contributed by atoms with Crippen molar-refractivity contribution >= 4 is 23.8 Å². The van der Waals surface area contributed by atoms with Gasteiger partial charge in [0.2, 0.25) is 11.8 Å². The highest BCUT2D eigenvalue weighted by molar-refractivity contribution is 5.92. The fraction of sp³-hybridized carbons (Fsp3) is 0.625. The number of benzene rings is 1. The summed E-state index contributed by atoms with van der Waals surface area (Å²) < 4.78 is 5.57. The van der Waals surface area contributed by atoms with E-state index < -0.39 is 52.3 Å². The highest BCUT2D eigenvalue weighted by atomic mass is 16.6. The van der Waals surface area contributed by atoms with E-state index in [2.05, 4.69) is 5.32 Å². The minimum Gasteiger partial charge on any atom is -0.478 e. The molecule has 0 radical (unpaired) electrons. The Labute approximate surface area is 240 Å². The maximum absolute atomic E-state index is 14.0. The largest absolute Gasteiger partial charge is 0.478 e. The van der Waals surface area contributed by atoms with Gasteiger partial charge >= 0.3 is 11.9 Å². The summed E-state index contributed by atoms with van der Waals surface area (Å²) in [6.45, 7) is 20.0. The lowest BCUT2D eigenvalue weighted by Gasteiger charge is -2.40. The minimum atomic E-state index is -1.06. The zero-order valence-electron chi connectivity index (χ0n) is 26.4. The number of carbonyl (C=O) groups is 4. The average Bonchev–Trinajstić information content (AvgIpc) is 2.81. The van der Waals surface area contributed by atoms with Gasteiger partial charge in [0.05, 0.1) is 18.4 Å². The second-order valence-corrected chi connectivity index (χ2v) is 13.6. The third-order valence-electron chi connectivity index (χ3n) is 7.13. The van der Waals surface area contributed by atoms with Crippen LogP contribution in [0.5, 0.6) is 0 Å². The van der Waals surface area contributed by atoms with Crippen LogP contribution in [-0.4, -0.2) is 58.5 Å². The molecule has 0 fully saturated rings. The van der Waals surface area contributed by atoms with E-state index in [0.717, 1.165) is 5.56 Å². The molecule has 40 heavy (non-hydrogen) atoms. The summed E-state index contributed by atoms with van der Waals surface area (Å²) in [5.41, 5.74) is -1.14. The molecule has 0 bridgehead atoms. The number of hydrogen-bond donors (Lipinski definition) is 2. The van der Waals surface area contributed by atoms with Gasteiger partial charge in [0.25, 0.3) is 0 Å². The van der Waals surface area contributed by atoms with Crippen LogP contribution in [0.1, 0.15) is 88.1 Å². The predicted molar refractivity (Wildman–Crippen MR) is 158 cm³/mol. The van der Waals surface area contributed by atoms with Crippen LogP contribution < -0.4 is 5.32 Å². The van der Waals surface area contributed by atoms with E-state index >= 15 is 0 Å². The molecule has 0 aliphatic rings. The molecule has 0 unspecified atom stereocenters. The van der Waals surface area contributed by atoms with Crippen molar-refractivity contribution in [2.75, 3.05) is 7.05 Å². The standard InChI is InChI=1S/C32H50N2O6/c1-20(2)24(18-21(3)29(38)39)34(12)28(37)26(30(4,5)6)33-27(36)23(19-25(35)40-31(7,8)9)32(10,11)22-16-14-13-15-17-22/h13-18,20,23-24,26H,19H2,1-12H3,(H,33,36)(H,38,39)/b21-18+/t23-,24-,26-/m1/s1. The Morgan fingerprint density at radius 3 is 1.93 bits per heavy atom. The number of esters is 1. The Morgan fingerprint density at radius 1 is 0.975 bits per heavy atom. The lowest BCUT2D eigenvalue weighted by Crippen LogP contribution is -2.58. The molecule has 0 saturated carbocycles. The molecule has 2 amide bonds. The maximum Gasteiger partial charge on any atom is 0.331 e. The number of carboxylic acids is 1. The number of amides is 2. The molecule has 2 N–H and O–H groups in total. The zero-order chi connectivity index (χ0) is 31.2. The van der Waals surface area contributed by atoms with E-state index in [0.29, 0.717) is 0 Å². The first kappa shape index (κ1) is 34.9. The fourth-order valence-corrected chi connectivity index (χ4v) is 4.62. The predicted octanol–water partition coefficient (Wildman–Crippen LogP) is 5.36. The number of nitrogens with zero attached hydrogens (tertiary/aromatic N) is 1. The van der Waals surface area contributed by atoms with Gasteiger partial charge in [0.15, 0.2) is 0 Å². The molecule has 0 saturated heterocycles. The summed E-state index contributed by atoms with van der Waals surface area (Å²) in [6, 6.07) is 8.06. The maximum atomic E-state index is 14.0. The number of ether oxygens (including phenoxy) is 1. The summed E-state index contributed by atoms with van der Waals surface area (Å²) in [5.74, 6) is -3.23. The number of aliphatic carboxylic acids is 1. The van der Waals surface area contributed by atoms with Crippen LogP contribution in [0.15, 0.2) is 42.0 Å². The third-order valence-corrected chi connectivity index (χ3v) is 7.13. The minimum absolute atomic E-state index is 0.0727. The number of hydrogen-bond acceptors (Lipinski definition) is 5. The van der Waals surface area contributed by atoms with Crippen LogP contribution >= 0.6 is 0 Å². The van der Waals surface area contributed by atoms with Crippen LogP contribution in [0.2, 0.25) is 0 Å². The van der Waals surface area contributed by atoms with Crippen molar-refractivity contribution < 1.29 is 29.0 Å². The summed E-state index contributed by atoms with van der Waals surface area (Å²) in [5, 5.41) is 12.4. The van der Waals surface area contributed by atoms with Gasteiger partial charge in [0, 0.05) is 18.0 Å². The smallest absolute Gasteiger partial charge is 0.331 e. The van der Waals surface area contributed by atoms with Gasteiger partial charge in [-0.05, 0) is 44.6 Å². The monoisotopic (exact) mass is 558 g/mol. The first-order valence-electron chi connectivity index (χ1n) is 13.9. The molecule has 0 spiro atoms. The van der Waals surface area contributed by atoms with Crippen molar-refractivity contribution in [3.8, 4) is 0 Å². The summed E-state index contributed by atoms with van der Waals surface area (Å²) in [4.78, 5) is 53.9. The molecule has 1 rings (SSSR count). The SMILES string of the molecule is C/C(=C\[C@H](C(C)C)N(C)C(=O)[C@@H](NC(=O)[C@@H](CC(=O)OC(C)(C)C)C(C)(C)c1ccccc1)C(C)(C)C)C(=O)O. The van der Waals surface area contributed by atoms with Crippen molar-refractivity contribution in [2.24, 2.45) is 17.3 Å². The lowest BCUT2D eigenvalue weighted by molar-refractivity contribution is -0.158. The van der Waals surface area contributed by atoms with E-state index in [4.69, 9.17) is 4.74 Å².